The molecule has 0 fully saturated rings. The number of nitrogens with two attached hydrogens (primary N) is 1. The van der Waals surface area contributed by atoms with Gasteiger partial charge in [-0.1, -0.05) is 60.7 Å². The van der Waals surface area contributed by atoms with E-state index in [1.54, 1.807) is 97.1 Å². The Bertz CT molecular complexity index is 1500. The molecule has 0 saturated heterocycles. The second kappa shape index (κ2) is 12.2. The molecule has 196 valence electrons. The first-order valence-electron chi connectivity index (χ1n) is 12.0. The number of ketones is 1. The maximum absolute atomic E-state index is 13.6. The van der Waals surface area contributed by atoms with E-state index in [-0.39, 0.29) is 17.4 Å². The van der Waals surface area contributed by atoms with Crippen molar-refractivity contribution in [1.29, 1.82) is 5.41 Å². The number of ether oxygens (including phenoxy) is 1. The highest BCUT2D eigenvalue weighted by Crippen LogP contribution is 2.30. The molecular weight excluding hydrogens is 496 g/mol. The van der Waals surface area contributed by atoms with Crippen molar-refractivity contribution in [1.82, 2.24) is 0 Å². The van der Waals surface area contributed by atoms with Gasteiger partial charge in [-0.2, -0.15) is 0 Å². The first-order chi connectivity index (χ1) is 18.8. The summed E-state index contributed by atoms with van der Waals surface area (Å²) in [6.07, 6.45) is 0. The van der Waals surface area contributed by atoms with Crippen molar-refractivity contribution in [2.24, 2.45) is 5.73 Å². The third-order valence-electron chi connectivity index (χ3n) is 5.78. The molecular formula is C30H26N4O5. The van der Waals surface area contributed by atoms with Gasteiger partial charge in [0.15, 0.2) is 12.4 Å². The summed E-state index contributed by atoms with van der Waals surface area (Å²) in [5.41, 5.74) is 8.50. The molecule has 6 N–H and O–H groups in total. The van der Waals surface area contributed by atoms with Crippen molar-refractivity contribution in [3.8, 4) is 5.75 Å². The molecule has 0 bridgehead atoms. The van der Waals surface area contributed by atoms with Gasteiger partial charge in [0.1, 0.15) is 17.6 Å². The number of benzene rings is 4. The molecule has 0 spiro atoms. The highest BCUT2D eigenvalue weighted by Gasteiger charge is 2.25. The van der Waals surface area contributed by atoms with Crippen LogP contribution in [0.5, 0.6) is 5.75 Å². The Morgan fingerprint density at radius 2 is 1.44 bits per heavy atom. The number of carboxylic acids is 1. The number of amides is 1. The Morgan fingerprint density at radius 3 is 2.13 bits per heavy atom. The maximum Gasteiger partial charge on any atom is 0.341 e. The average Bonchev–Trinajstić information content (AvgIpc) is 2.95. The van der Waals surface area contributed by atoms with Crippen molar-refractivity contribution in [2.75, 3.05) is 17.2 Å². The van der Waals surface area contributed by atoms with E-state index in [9.17, 15) is 14.4 Å². The lowest BCUT2D eigenvalue weighted by Gasteiger charge is -2.22. The SMILES string of the molecule is N=C(N)c1cccc(NC(C(=O)Nc2ccc(C(=O)c3ccccc3)cc2)c2ccccc2OCC(=O)O)c1. The summed E-state index contributed by atoms with van der Waals surface area (Å²) < 4.78 is 5.45. The second-order valence-electron chi connectivity index (χ2n) is 8.55. The number of nitrogen functional groups attached to an aromatic ring is 1. The second-order valence-corrected chi connectivity index (χ2v) is 8.55. The minimum atomic E-state index is -1.15. The van der Waals surface area contributed by atoms with E-state index in [1.807, 2.05) is 6.07 Å². The first kappa shape index (κ1) is 26.6. The van der Waals surface area contributed by atoms with Crippen LogP contribution in [-0.2, 0) is 9.59 Å². The molecule has 0 aliphatic carbocycles. The molecule has 9 nitrogen and oxygen atoms in total. The third-order valence-corrected chi connectivity index (χ3v) is 5.78. The van der Waals surface area contributed by atoms with Crippen LogP contribution in [0.3, 0.4) is 0 Å². The Kier molecular flexibility index (Phi) is 8.33. The van der Waals surface area contributed by atoms with Crippen LogP contribution in [0.15, 0.2) is 103 Å². The fraction of sp³-hybridized carbons (Fsp3) is 0.0667. The van der Waals surface area contributed by atoms with Crippen LogP contribution in [0.1, 0.15) is 33.1 Å². The van der Waals surface area contributed by atoms with Gasteiger partial charge in [0, 0.05) is 33.6 Å². The normalized spacial score (nSPS) is 11.2. The van der Waals surface area contributed by atoms with Crippen LogP contribution >= 0.6 is 0 Å². The van der Waals surface area contributed by atoms with E-state index in [2.05, 4.69) is 10.6 Å². The molecule has 4 aromatic rings. The molecule has 39 heavy (non-hydrogen) atoms. The number of carbonyl (C=O) groups is 3. The molecule has 0 radical (unpaired) electrons. The number of hydrogen-bond donors (Lipinski definition) is 5. The van der Waals surface area contributed by atoms with Gasteiger partial charge in [-0.3, -0.25) is 15.0 Å². The number of aliphatic carboxylic acids is 1. The molecule has 4 rings (SSSR count). The van der Waals surface area contributed by atoms with Crippen molar-refractivity contribution in [3.63, 3.8) is 0 Å². The van der Waals surface area contributed by atoms with Crippen LogP contribution in [0.25, 0.3) is 0 Å². The van der Waals surface area contributed by atoms with Crippen molar-refractivity contribution >= 4 is 34.9 Å². The van der Waals surface area contributed by atoms with Gasteiger partial charge in [0.05, 0.1) is 0 Å². The molecule has 1 amide bonds. The molecule has 1 atom stereocenters. The largest absolute Gasteiger partial charge is 0.482 e. The Balaban J connectivity index is 1.61. The van der Waals surface area contributed by atoms with Gasteiger partial charge in [0.2, 0.25) is 0 Å². The van der Waals surface area contributed by atoms with E-state index in [0.29, 0.717) is 33.6 Å². The van der Waals surface area contributed by atoms with Gasteiger partial charge >= 0.3 is 5.97 Å². The summed E-state index contributed by atoms with van der Waals surface area (Å²) in [5, 5.41) is 22.8. The minimum absolute atomic E-state index is 0.130. The molecule has 0 aliphatic heterocycles. The Morgan fingerprint density at radius 1 is 0.795 bits per heavy atom. The van der Waals surface area contributed by atoms with Crippen LogP contribution < -0.4 is 21.1 Å². The minimum Gasteiger partial charge on any atom is -0.482 e. The van der Waals surface area contributed by atoms with E-state index in [4.69, 9.17) is 21.0 Å². The third kappa shape index (κ3) is 6.86. The van der Waals surface area contributed by atoms with Crippen LogP contribution in [0.2, 0.25) is 0 Å². The summed E-state index contributed by atoms with van der Waals surface area (Å²) in [4.78, 5) is 37.4. The number of rotatable bonds is 11. The summed E-state index contributed by atoms with van der Waals surface area (Å²) in [6, 6.07) is 27.7. The van der Waals surface area contributed by atoms with Crippen molar-refractivity contribution in [3.05, 3.63) is 125 Å². The van der Waals surface area contributed by atoms with Gasteiger partial charge < -0.3 is 26.2 Å². The standard InChI is InChI=1S/C30H26N4O5/c31-29(32)21-9-6-10-23(17-21)33-27(24-11-4-5-12-25(24)39-18-26(35)36)30(38)34-22-15-13-20(14-16-22)28(37)19-7-2-1-3-8-19/h1-17,27,33H,18H2,(H3,31,32)(H,34,38)(H,35,36). The van der Waals surface area contributed by atoms with Crippen LogP contribution in [-0.4, -0.2) is 35.2 Å². The van der Waals surface area contributed by atoms with E-state index in [0.717, 1.165) is 0 Å². The number of hydrogen-bond acceptors (Lipinski definition) is 6. The quantitative estimate of drug-likeness (QED) is 0.111. The number of nitrogens with one attached hydrogen (secondary N) is 3. The number of para-hydroxylation sites is 1. The monoisotopic (exact) mass is 522 g/mol. The zero-order valence-electron chi connectivity index (χ0n) is 20.8. The van der Waals surface area contributed by atoms with Crippen LogP contribution in [0, 0.1) is 5.41 Å². The predicted molar refractivity (Wildman–Crippen MR) is 148 cm³/mol. The van der Waals surface area contributed by atoms with Gasteiger partial charge in [-0.05, 0) is 42.5 Å². The molecule has 0 aromatic heterocycles. The predicted octanol–water partition coefficient (Wildman–Crippen LogP) is 4.46. The van der Waals surface area contributed by atoms with Gasteiger partial charge in [-0.15, -0.1) is 0 Å². The van der Waals surface area contributed by atoms with Crippen molar-refractivity contribution < 1.29 is 24.2 Å². The van der Waals surface area contributed by atoms with E-state index in [1.165, 1.54) is 0 Å². The number of amidine groups is 1. The fourth-order valence-corrected chi connectivity index (χ4v) is 3.89. The summed E-state index contributed by atoms with van der Waals surface area (Å²) in [6.45, 7) is -0.581. The van der Waals surface area contributed by atoms with Gasteiger partial charge in [-0.25, -0.2) is 4.79 Å². The molecule has 0 aliphatic rings. The number of carboxylic acid groups (broad SMARTS) is 1. The smallest absolute Gasteiger partial charge is 0.341 e. The lowest BCUT2D eigenvalue weighted by molar-refractivity contribution is -0.139. The van der Waals surface area contributed by atoms with E-state index >= 15 is 0 Å². The number of anilines is 2. The molecule has 1 unspecified atom stereocenters. The van der Waals surface area contributed by atoms with E-state index < -0.39 is 24.5 Å². The highest BCUT2D eigenvalue weighted by atomic mass is 16.5. The van der Waals surface area contributed by atoms with Crippen molar-refractivity contribution in [2.45, 2.75) is 6.04 Å². The zero-order chi connectivity index (χ0) is 27.8. The lowest BCUT2D eigenvalue weighted by atomic mass is 10.0. The topological polar surface area (TPSA) is 155 Å². The molecule has 4 aromatic carbocycles. The first-order valence-corrected chi connectivity index (χ1v) is 12.0. The molecule has 9 heteroatoms. The number of carbonyl (C=O) groups excluding carboxylic acids is 2. The average molecular weight is 523 g/mol. The lowest BCUT2D eigenvalue weighted by Crippen LogP contribution is -2.28. The summed E-state index contributed by atoms with van der Waals surface area (Å²) >= 11 is 0. The summed E-state index contributed by atoms with van der Waals surface area (Å²) in [5.74, 6) is -1.66. The summed E-state index contributed by atoms with van der Waals surface area (Å²) in [7, 11) is 0. The molecule has 0 heterocycles. The Labute approximate surface area is 224 Å². The van der Waals surface area contributed by atoms with Gasteiger partial charge in [0.25, 0.3) is 5.91 Å². The zero-order valence-corrected chi connectivity index (χ0v) is 20.8. The Hall–Kier alpha value is -5.44. The highest BCUT2D eigenvalue weighted by molar-refractivity contribution is 6.09. The fourth-order valence-electron chi connectivity index (χ4n) is 3.89. The molecule has 0 saturated carbocycles. The maximum atomic E-state index is 13.6. The van der Waals surface area contributed by atoms with Crippen LogP contribution in [0.4, 0.5) is 11.4 Å².